The van der Waals surface area contributed by atoms with Gasteiger partial charge in [-0.1, -0.05) is 24.3 Å². The van der Waals surface area contributed by atoms with Crippen molar-refractivity contribution < 1.29 is 13.9 Å². The Morgan fingerprint density at radius 3 is 2.51 bits per heavy atom. The fraction of sp³-hybridized carbons (Fsp3) is 0.485. The number of carbonyl (C=O) groups is 1. The maximum absolute atomic E-state index is 12.4. The van der Waals surface area contributed by atoms with Gasteiger partial charge in [-0.25, -0.2) is 9.78 Å². The number of aromatic nitrogens is 4. The first-order chi connectivity index (χ1) is 20.6. The highest BCUT2D eigenvalue weighted by atomic mass is 32.1. The van der Waals surface area contributed by atoms with Crippen LogP contribution in [0.25, 0.3) is 5.00 Å². The van der Waals surface area contributed by atoms with Gasteiger partial charge in [0.2, 0.25) is 0 Å². The molecule has 5 heterocycles. The molecule has 4 aromatic rings. The molecule has 43 heavy (non-hydrogen) atoms. The Kier molecular flexibility index (Phi) is 7.98. The van der Waals surface area contributed by atoms with E-state index in [4.69, 9.17) is 14.1 Å². The minimum absolute atomic E-state index is 0.195. The maximum Gasteiger partial charge on any atom is 0.410 e. The summed E-state index contributed by atoms with van der Waals surface area (Å²) in [5, 5.41) is 10.1. The summed E-state index contributed by atoms with van der Waals surface area (Å²) in [5.41, 5.74) is 5.29. The van der Waals surface area contributed by atoms with E-state index in [-0.39, 0.29) is 12.1 Å². The van der Waals surface area contributed by atoms with Crippen LogP contribution >= 0.6 is 11.3 Å². The Morgan fingerprint density at radius 2 is 1.84 bits per heavy atom. The molecule has 2 aliphatic rings. The second-order valence-corrected chi connectivity index (χ2v) is 13.9. The second-order valence-electron chi connectivity index (χ2n) is 12.7. The molecule has 1 aromatic carbocycles. The van der Waals surface area contributed by atoms with Crippen molar-refractivity contribution in [2.45, 2.75) is 85.3 Å². The van der Waals surface area contributed by atoms with Gasteiger partial charge >= 0.3 is 6.09 Å². The lowest BCUT2D eigenvalue weighted by Crippen LogP contribution is -2.41. The molecule has 6 rings (SSSR count). The number of amides is 1. The van der Waals surface area contributed by atoms with Gasteiger partial charge in [0.1, 0.15) is 28.7 Å². The molecule has 1 atom stereocenters. The molecule has 3 aromatic heterocycles. The van der Waals surface area contributed by atoms with E-state index in [2.05, 4.69) is 57.9 Å². The number of likely N-dealkylation sites (tertiary alicyclic amines) is 1. The van der Waals surface area contributed by atoms with Crippen molar-refractivity contribution in [1.82, 2.24) is 24.6 Å². The number of thiophene rings is 1. The average molecular weight is 601 g/mol. The Labute approximate surface area is 257 Å². The number of fused-ring (bicyclic) bond motifs is 3. The molecule has 9 nitrogen and oxygen atoms in total. The number of hydrogen-bond donors (Lipinski definition) is 0. The van der Waals surface area contributed by atoms with E-state index >= 15 is 0 Å². The molecule has 0 bridgehead atoms. The first-order valence-corrected chi connectivity index (χ1v) is 15.9. The highest BCUT2D eigenvalue weighted by Gasteiger charge is 2.32. The topological polar surface area (TPSA) is 98.6 Å². The summed E-state index contributed by atoms with van der Waals surface area (Å²) in [6, 6.07) is 8.61. The highest BCUT2D eigenvalue weighted by Crippen LogP contribution is 2.39. The van der Waals surface area contributed by atoms with Crippen molar-refractivity contribution in [3.8, 4) is 5.00 Å². The second kappa shape index (κ2) is 11.7. The molecule has 10 heteroatoms. The number of benzene rings is 1. The number of rotatable bonds is 6. The number of oxazole rings is 1. The number of ether oxygens (including phenoxy) is 1. The fourth-order valence-electron chi connectivity index (χ4n) is 5.97. The summed E-state index contributed by atoms with van der Waals surface area (Å²) in [5.74, 6) is 2.89. The van der Waals surface area contributed by atoms with Gasteiger partial charge in [0.25, 0.3) is 0 Å². The lowest BCUT2D eigenvalue weighted by molar-refractivity contribution is 0.0181. The zero-order valence-corrected chi connectivity index (χ0v) is 26.7. The third-order valence-electron chi connectivity index (χ3n) is 8.43. The Morgan fingerprint density at radius 1 is 1.09 bits per heavy atom. The maximum atomic E-state index is 12.4. The fourth-order valence-corrected chi connectivity index (χ4v) is 7.19. The molecule has 226 valence electrons. The minimum atomic E-state index is -0.458. The monoisotopic (exact) mass is 600 g/mol. The van der Waals surface area contributed by atoms with Crippen molar-refractivity contribution in [3.05, 3.63) is 81.4 Å². The lowest BCUT2D eigenvalue weighted by Gasteiger charge is -2.33. The number of piperidine rings is 1. The number of hydrogen-bond acceptors (Lipinski definition) is 8. The summed E-state index contributed by atoms with van der Waals surface area (Å²) < 4.78 is 13.3. The zero-order valence-electron chi connectivity index (χ0n) is 25.9. The van der Waals surface area contributed by atoms with Crippen molar-refractivity contribution in [1.29, 1.82) is 0 Å². The van der Waals surface area contributed by atoms with E-state index in [1.807, 2.05) is 32.6 Å². The van der Waals surface area contributed by atoms with Gasteiger partial charge < -0.3 is 14.1 Å². The van der Waals surface area contributed by atoms with E-state index in [9.17, 15) is 4.79 Å². The predicted molar refractivity (Wildman–Crippen MR) is 167 cm³/mol. The van der Waals surface area contributed by atoms with Crippen LogP contribution in [0.3, 0.4) is 0 Å². The highest BCUT2D eigenvalue weighted by molar-refractivity contribution is 7.15. The number of aryl methyl sites for hydroxylation is 3. The largest absolute Gasteiger partial charge is 0.449 e. The summed E-state index contributed by atoms with van der Waals surface area (Å²) >= 11 is 1.76. The SMILES string of the molecule is Cc1sc2c(c1C)C(c1ccc(CCC3CCN(C(=O)OC(C)(C)C)CC3)cc1)=N[C@@H](Cc1ncco1)c1nnc(C)n1-2. The van der Waals surface area contributed by atoms with E-state index in [1.165, 1.54) is 16.0 Å². The quantitative estimate of drug-likeness (QED) is 0.237. The zero-order chi connectivity index (χ0) is 30.3. The van der Waals surface area contributed by atoms with Crippen LogP contribution in [0.4, 0.5) is 4.79 Å². The minimum Gasteiger partial charge on any atom is -0.449 e. The molecule has 2 aliphatic heterocycles. The predicted octanol–water partition coefficient (Wildman–Crippen LogP) is 6.96. The molecule has 1 fully saturated rings. The average Bonchev–Trinajstić information content (AvgIpc) is 3.67. The molecule has 1 saturated heterocycles. The van der Waals surface area contributed by atoms with Crippen molar-refractivity contribution in [3.63, 3.8) is 0 Å². The van der Waals surface area contributed by atoms with Crippen LogP contribution < -0.4 is 0 Å². The summed E-state index contributed by atoms with van der Waals surface area (Å²) in [7, 11) is 0. The summed E-state index contributed by atoms with van der Waals surface area (Å²) in [6.07, 6.45) is 7.73. The Bertz CT molecular complexity index is 1620. The molecular weight excluding hydrogens is 560 g/mol. The van der Waals surface area contributed by atoms with Crippen molar-refractivity contribution in [2.75, 3.05) is 13.1 Å². The van der Waals surface area contributed by atoms with Gasteiger partial charge in [0.15, 0.2) is 11.7 Å². The van der Waals surface area contributed by atoms with Crippen LogP contribution in [-0.4, -0.2) is 55.1 Å². The number of aliphatic imine (C=N–C) groups is 1. The standard InChI is InChI=1S/C33H40N6O3S/c1-20-21(2)43-31-28(20)29(35-26(19-27-34-15-18-41-27)30-37-36-22(3)39(30)31)25-11-9-23(10-12-25)7-8-24-13-16-38(17-14-24)32(40)42-33(4,5)6/h9-12,15,18,24,26H,7-8,13-14,16-17,19H2,1-6H3/t26-/m0/s1. The van der Waals surface area contributed by atoms with Gasteiger partial charge in [-0.3, -0.25) is 9.56 Å². The summed E-state index contributed by atoms with van der Waals surface area (Å²) in [4.78, 5) is 25.2. The van der Waals surface area contributed by atoms with E-state index in [0.717, 1.165) is 72.3 Å². The Hall–Kier alpha value is -3.79. The van der Waals surface area contributed by atoms with Crippen LogP contribution in [0, 0.1) is 26.7 Å². The lowest BCUT2D eigenvalue weighted by atomic mass is 9.90. The molecule has 0 saturated carbocycles. The number of nitrogens with zero attached hydrogens (tertiary/aromatic N) is 6. The van der Waals surface area contributed by atoms with E-state index in [1.54, 1.807) is 23.8 Å². The molecule has 0 aliphatic carbocycles. The van der Waals surface area contributed by atoms with Crippen LogP contribution in [-0.2, 0) is 17.6 Å². The Balaban J connectivity index is 1.20. The van der Waals surface area contributed by atoms with Gasteiger partial charge in [0.05, 0.1) is 18.3 Å². The van der Waals surface area contributed by atoms with Crippen LogP contribution in [0.1, 0.15) is 90.7 Å². The molecule has 0 spiro atoms. The third-order valence-corrected chi connectivity index (χ3v) is 9.62. The van der Waals surface area contributed by atoms with Crippen LogP contribution in [0.5, 0.6) is 0 Å². The van der Waals surface area contributed by atoms with Crippen LogP contribution in [0.15, 0.2) is 46.1 Å². The van der Waals surface area contributed by atoms with Gasteiger partial charge in [-0.15, -0.1) is 21.5 Å². The van der Waals surface area contributed by atoms with Gasteiger partial charge in [0, 0.05) is 29.1 Å². The van der Waals surface area contributed by atoms with Crippen molar-refractivity contribution >= 4 is 23.1 Å². The van der Waals surface area contributed by atoms with Gasteiger partial charge in [-0.05, 0) is 84.3 Å². The normalized spacial score (nSPS) is 17.3. The molecule has 0 radical (unpaired) electrons. The smallest absolute Gasteiger partial charge is 0.410 e. The van der Waals surface area contributed by atoms with E-state index in [0.29, 0.717) is 18.2 Å². The molecular formula is C33H40N6O3S. The van der Waals surface area contributed by atoms with Gasteiger partial charge in [-0.2, -0.15) is 0 Å². The molecule has 0 N–H and O–H groups in total. The molecule has 0 unspecified atom stereocenters. The third kappa shape index (κ3) is 6.16. The first-order valence-electron chi connectivity index (χ1n) is 15.1. The molecule has 1 amide bonds. The van der Waals surface area contributed by atoms with Crippen LogP contribution in [0.2, 0.25) is 0 Å². The number of carbonyl (C=O) groups excluding carboxylic acids is 1. The summed E-state index contributed by atoms with van der Waals surface area (Å²) in [6.45, 7) is 13.6. The first kappa shape index (κ1) is 29.3. The van der Waals surface area contributed by atoms with Crippen molar-refractivity contribution in [2.24, 2.45) is 10.9 Å². The van der Waals surface area contributed by atoms with E-state index < -0.39 is 5.60 Å².